The van der Waals surface area contributed by atoms with Crippen LogP contribution in [0.5, 0.6) is 0 Å². The van der Waals surface area contributed by atoms with Crippen LogP contribution < -0.4 is 5.32 Å². The molecular formula is C15H28N2O2S. The van der Waals surface area contributed by atoms with Crippen molar-refractivity contribution in [2.75, 3.05) is 24.6 Å². The van der Waals surface area contributed by atoms with E-state index in [2.05, 4.69) is 17.1 Å². The van der Waals surface area contributed by atoms with E-state index < -0.39 is 9.84 Å². The lowest BCUT2D eigenvalue weighted by Gasteiger charge is -2.50. The molecule has 0 radical (unpaired) electrons. The highest BCUT2D eigenvalue weighted by Gasteiger charge is 2.43. The molecule has 5 heteroatoms. The van der Waals surface area contributed by atoms with Crippen LogP contribution in [0.4, 0.5) is 0 Å². The number of nitrogens with zero attached hydrogens (tertiary/aromatic N) is 1. The summed E-state index contributed by atoms with van der Waals surface area (Å²) < 4.78 is 23.3. The zero-order chi connectivity index (χ0) is 14.2. The highest BCUT2D eigenvalue weighted by Crippen LogP contribution is 2.35. The van der Waals surface area contributed by atoms with Gasteiger partial charge in [0.15, 0.2) is 0 Å². The summed E-state index contributed by atoms with van der Waals surface area (Å²) in [7, 11) is -2.75. The summed E-state index contributed by atoms with van der Waals surface area (Å²) in [6.07, 6.45) is 8.12. The lowest BCUT2D eigenvalue weighted by atomic mass is 9.89. The van der Waals surface area contributed by atoms with Gasteiger partial charge in [-0.3, -0.25) is 4.90 Å². The second-order valence-corrected chi connectivity index (χ2v) is 9.29. The van der Waals surface area contributed by atoms with Crippen LogP contribution in [0.25, 0.3) is 0 Å². The Morgan fingerprint density at radius 1 is 1.20 bits per heavy atom. The molecule has 1 aliphatic carbocycles. The number of rotatable bonds is 2. The molecule has 1 spiro atoms. The number of piperazine rings is 1. The maximum Gasteiger partial charge on any atom is 0.150 e. The third kappa shape index (κ3) is 2.90. The third-order valence-corrected chi connectivity index (χ3v) is 7.41. The summed E-state index contributed by atoms with van der Waals surface area (Å²) in [6, 6.07) is 1.08. The summed E-state index contributed by atoms with van der Waals surface area (Å²) in [5, 5.41) is 3.82. The molecule has 0 aromatic carbocycles. The molecule has 2 heterocycles. The van der Waals surface area contributed by atoms with Gasteiger partial charge in [-0.1, -0.05) is 19.8 Å². The van der Waals surface area contributed by atoms with Crippen molar-refractivity contribution < 1.29 is 8.42 Å². The number of hydrogen-bond acceptors (Lipinski definition) is 4. The molecule has 3 rings (SSSR count). The normalized spacial score (nSPS) is 34.5. The zero-order valence-corrected chi connectivity index (χ0v) is 13.4. The molecule has 116 valence electrons. The van der Waals surface area contributed by atoms with Crippen LogP contribution in [-0.2, 0) is 9.84 Å². The summed E-state index contributed by atoms with van der Waals surface area (Å²) in [5.41, 5.74) is 0.335. The van der Waals surface area contributed by atoms with Gasteiger partial charge in [0.2, 0.25) is 0 Å². The third-order valence-electron chi connectivity index (χ3n) is 5.69. The van der Waals surface area contributed by atoms with Crippen LogP contribution in [0.2, 0.25) is 0 Å². The predicted octanol–water partition coefficient (Wildman–Crippen LogP) is 1.56. The van der Waals surface area contributed by atoms with E-state index in [9.17, 15) is 8.42 Å². The monoisotopic (exact) mass is 300 g/mol. The first-order chi connectivity index (χ1) is 9.54. The molecule has 0 bridgehead atoms. The first-order valence-corrected chi connectivity index (χ1v) is 10.1. The maximum absolute atomic E-state index is 11.6. The fourth-order valence-corrected chi connectivity index (χ4v) is 5.85. The topological polar surface area (TPSA) is 49.4 Å². The Morgan fingerprint density at radius 3 is 2.45 bits per heavy atom. The van der Waals surface area contributed by atoms with Gasteiger partial charge in [-0.2, -0.15) is 0 Å². The van der Waals surface area contributed by atoms with Gasteiger partial charge in [0.25, 0.3) is 0 Å². The summed E-state index contributed by atoms with van der Waals surface area (Å²) in [4.78, 5) is 2.66. The second kappa shape index (κ2) is 5.58. The van der Waals surface area contributed by atoms with Crippen molar-refractivity contribution in [3.05, 3.63) is 0 Å². The lowest BCUT2D eigenvalue weighted by molar-refractivity contribution is 0.0368. The molecule has 3 fully saturated rings. The van der Waals surface area contributed by atoms with Crippen LogP contribution >= 0.6 is 0 Å². The van der Waals surface area contributed by atoms with Gasteiger partial charge < -0.3 is 5.32 Å². The van der Waals surface area contributed by atoms with Gasteiger partial charge in [-0.25, -0.2) is 8.42 Å². The van der Waals surface area contributed by atoms with Gasteiger partial charge in [-0.15, -0.1) is 0 Å². The number of hydrogen-bond donors (Lipinski definition) is 1. The van der Waals surface area contributed by atoms with Crippen molar-refractivity contribution in [3.8, 4) is 0 Å². The predicted molar refractivity (Wildman–Crippen MR) is 81.7 cm³/mol. The van der Waals surface area contributed by atoms with Gasteiger partial charge >= 0.3 is 0 Å². The largest absolute Gasteiger partial charge is 0.308 e. The summed E-state index contributed by atoms with van der Waals surface area (Å²) in [5.74, 6) is 0.788. The summed E-state index contributed by atoms with van der Waals surface area (Å²) >= 11 is 0. The molecule has 4 nitrogen and oxygen atoms in total. The van der Waals surface area contributed by atoms with E-state index in [-0.39, 0.29) is 0 Å². The molecule has 0 aromatic heterocycles. The van der Waals surface area contributed by atoms with Crippen LogP contribution in [0, 0.1) is 0 Å². The molecule has 0 aromatic rings. The van der Waals surface area contributed by atoms with E-state index in [0.29, 0.717) is 29.1 Å². The molecule has 1 unspecified atom stereocenters. The number of nitrogens with one attached hydrogen (secondary N) is 1. The standard InChI is InChI=1S/C15H28N2O2S/c1-2-13-11-16-15(7-3-4-8-15)12-17(13)14-5-9-20(18,19)10-6-14/h13-14,16H,2-12H2,1H3. The smallest absolute Gasteiger partial charge is 0.150 e. The van der Waals surface area contributed by atoms with Crippen molar-refractivity contribution in [1.29, 1.82) is 0 Å². The molecule has 20 heavy (non-hydrogen) atoms. The number of sulfone groups is 1. The van der Waals surface area contributed by atoms with E-state index in [1.165, 1.54) is 25.7 Å². The second-order valence-electron chi connectivity index (χ2n) is 6.99. The molecule has 2 saturated heterocycles. The molecule has 1 atom stereocenters. The quantitative estimate of drug-likeness (QED) is 0.841. The molecule has 1 N–H and O–H groups in total. The molecule has 0 amide bonds. The molecular weight excluding hydrogens is 272 g/mol. The van der Waals surface area contributed by atoms with E-state index in [0.717, 1.165) is 32.4 Å². The van der Waals surface area contributed by atoms with E-state index >= 15 is 0 Å². The van der Waals surface area contributed by atoms with Crippen LogP contribution in [-0.4, -0.2) is 55.5 Å². The Morgan fingerprint density at radius 2 is 1.85 bits per heavy atom. The lowest BCUT2D eigenvalue weighted by Crippen LogP contribution is -2.65. The van der Waals surface area contributed by atoms with Crippen molar-refractivity contribution >= 4 is 9.84 Å². The summed E-state index contributed by atoms with van der Waals surface area (Å²) in [6.45, 7) is 4.47. The first-order valence-electron chi connectivity index (χ1n) is 8.25. The van der Waals surface area contributed by atoms with Gasteiger partial charge in [-0.05, 0) is 32.1 Å². The van der Waals surface area contributed by atoms with Crippen molar-refractivity contribution in [1.82, 2.24) is 10.2 Å². The fraction of sp³-hybridized carbons (Fsp3) is 1.00. The first kappa shape index (κ1) is 14.8. The Hall–Kier alpha value is -0.130. The molecule has 2 aliphatic heterocycles. The van der Waals surface area contributed by atoms with Crippen molar-refractivity contribution in [2.45, 2.75) is 69.5 Å². The van der Waals surface area contributed by atoms with Crippen LogP contribution in [0.3, 0.4) is 0 Å². The molecule has 3 aliphatic rings. The van der Waals surface area contributed by atoms with E-state index in [1.54, 1.807) is 0 Å². The zero-order valence-electron chi connectivity index (χ0n) is 12.6. The Labute approximate surface area is 123 Å². The average Bonchev–Trinajstić information content (AvgIpc) is 2.87. The highest BCUT2D eigenvalue weighted by atomic mass is 32.2. The minimum Gasteiger partial charge on any atom is -0.308 e. The molecule has 1 saturated carbocycles. The van der Waals surface area contributed by atoms with Gasteiger partial charge in [0.05, 0.1) is 11.5 Å². The van der Waals surface area contributed by atoms with Gasteiger partial charge in [0.1, 0.15) is 9.84 Å². The highest BCUT2D eigenvalue weighted by molar-refractivity contribution is 7.91. The SMILES string of the molecule is CCC1CNC2(CCCC2)CN1C1CCS(=O)(=O)CC1. The Balaban J connectivity index is 1.71. The van der Waals surface area contributed by atoms with Crippen LogP contribution in [0.1, 0.15) is 51.9 Å². The average molecular weight is 300 g/mol. The Kier molecular flexibility index (Phi) is 4.13. The minimum absolute atomic E-state index is 0.335. The van der Waals surface area contributed by atoms with Crippen molar-refractivity contribution in [2.24, 2.45) is 0 Å². The van der Waals surface area contributed by atoms with E-state index in [4.69, 9.17) is 0 Å². The fourth-order valence-electron chi connectivity index (χ4n) is 4.39. The maximum atomic E-state index is 11.6. The van der Waals surface area contributed by atoms with Crippen molar-refractivity contribution in [3.63, 3.8) is 0 Å². The van der Waals surface area contributed by atoms with Crippen LogP contribution in [0.15, 0.2) is 0 Å². The van der Waals surface area contributed by atoms with E-state index in [1.807, 2.05) is 0 Å². The van der Waals surface area contributed by atoms with Gasteiger partial charge in [0, 0.05) is 30.7 Å². The minimum atomic E-state index is -2.75. The Bertz CT molecular complexity index is 429.